The molecule has 0 aliphatic heterocycles. The summed E-state index contributed by atoms with van der Waals surface area (Å²) in [5.41, 5.74) is 4.91. The van der Waals surface area contributed by atoms with Crippen molar-refractivity contribution >= 4 is 23.6 Å². The summed E-state index contributed by atoms with van der Waals surface area (Å²) in [4.78, 5) is 25.1. The van der Waals surface area contributed by atoms with E-state index in [1.54, 1.807) is 11.8 Å². The topological polar surface area (TPSA) is 72.6 Å². The maximum absolute atomic E-state index is 11.8. The van der Waals surface area contributed by atoms with Gasteiger partial charge < -0.3 is 15.4 Å². The number of rotatable bonds is 8. The van der Waals surface area contributed by atoms with E-state index in [0.29, 0.717) is 12.2 Å². The number of hydrogen-bond donors (Lipinski definition) is 1. The molecule has 0 fully saturated rings. The largest absolute Gasteiger partial charge is 0.468 e. The lowest BCUT2D eigenvalue weighted by atomic mass is 9.98. The van der Waals surface area contributed by atoms with Crippen LogP contribution in [-0.2, 0) is 14.3 Å². The molecule has 0 saturated carbocycles. The fourth-order valence-corrected chi connectivity index (χ4v) is 2.93. The van der Waals surface area contributed by atoms with Crippen molar-refractivity contribution in [2.24, 2.45) is 5.73 Å². The van der Waals surface area contributed by atoms with Crippen LogP contribution in [0.3, 0.4) is 0 Å². The van der Waals surface area contributed by atoms with Crippen molar-refractivity contribution in [3.8, 4) is 0 Å². The third kappa shape index (κ3) is 6.29. The predicted molar refractivity (Wildman–Crippen MR) is 79.1 cm³/mol. The first-order chi connectivity index (χ1) is 8.78. The van der Waals surface area contributed by atoms with Crippen LogP contribution >= 0.6 is 11.8 Å². The highest BCUT2D eigenvalue weighted by molar-refractivity contribution is 8.00. The highest BCUT2D eigenvalue weighted by Crippen LogP contribution is 2.21. The minimum atomic E-state index is -1.00. The molecular weight excluding hydrogens is 264 g/mol. The molecular formula is C13H26N2O3S. The molecule has 112 valence electrons. The summed E-state index contributed by atoms with van der Waals surface area (Å²) in [6, 6.07) is 0. The van der Waals surface area contributed by atoms with E-state index >= 15 is 0 Å². The van der Waals surface area contributed by atoms with Crippen molar-refractivity contribution in [1.29, 1.82) is 0 Å². The Hall–Kier alpha value is -0.750. The van der Waals surface area contributed by atoms with Crippen LogP contribution in [0, 0.1) is 0 Å². The molecule has 5 nitrogen and oxygen atoms in total. The first-order valence-corrected chi connectivity index (χ1v) is 7.60. The van der Waals surface area contributed by atoms with Crippen LogP contribution in [0.4, 0.5) is 0 Å². The van der Waals surface area contributed by atoms with Crippen LogP contribution in [-0.4, -0.2) is 53.5 Å². The first-order valence-electron chi connectivity index (χ1n) is 6.55. The second kappa shape index (κ2) is 8.43. The van der Waals surface area contributed by atoms with E-state index in [9.17, 15) is 9.59 Å². The van der Waals surface area contributed by atoms with E-state index in [2.05, 4.69) is 4.74 Å². The Morgan fingerprint density at radius 2 is 1.89 bits per heavy atom. The van der Waals surface area contributed by atoms with E-state index in [4.69, 9.17) is 5.73 Å². The lowest BCUT2D eigenvalue weighted by Crippen LogP contribution is -2.47. The summed E-state index contributed by atoms with van der Waals surface area (Å²) < 4.78 is 4.67. The fourth-order valence-electron chi connectivity index (χ4n) is 1.85. The zero-order valence-corrected chi connectivity index (χ0v) is 13.4. The molecule has 2 unspecified atom stereocenters. The maximum atomic E-state index is 11.8. The SMILES string of the molecule is CCN(CC)C(=O)CSC(C)CC(C)(N)C(=O)OC. The van der Waals surface area contributed by atoms with Gasteiger partial charge in [-0.15, -0.1) is 11.8 Å². The summed E-state index contributed by atoms with van der Waals surface area (Å²) in [7, 11) is 1.33. The molecule has 1 amide bonds. The number of esters is 1. The van der Waals surface area contributed by atoms with Crippen molar-refractivity contribution in [2.75, 3.05) is 26.0 Å². The highest BCUT2D eigenvalue weighted by atomic mass is 32.2. The van der Waals surface area contributed by atoms with Gasteiger partial charge in [-0.3, -0.25) is 9.59 Å². The molecule has 0 aliphatic rings. The Kier molecular flexibility index (Phi) is 8.09. The van der Waals surface area contributed by atoms with Crippen molar-refractivity contribution in [3.63, 3.8) is 0 Å². The van der Waals surface area contributed by atoms with Crippen molar-refractivity contribution in [1.82, 2.24) is 4.90 Å². The fraction of sp³-hybridized carbons (Fsp3) is 0.846. The number of methoxy groups -OCH3 is 1. The Bertz CT molecular complexity index is 304. The summed E-state index contributed by atoms with van der Waals surface area (Å²) in [5.74, 6) is 0.119. The van der Waals surface area contributed by atoms with Crippen LogP contribution in [0.15, 0.2) is 0 Å². The number of nitrogens with two attached hydrogens (primary N) is 1. The minimum absolute atomic E-state index is 0.119. The molecule has 0 aromatic carbocycles. The third-order valence-corrected chi connectivity index (χ3v) is 4.12. The van der Waals surface area contributed by atoms with Crippen LogP contribution < -0.4 is 5.73 Å². The quantitative estimate of drug-likeness (QED) is 0.681. The third-order valence-electron chi connectivity index (χ3n) is 2.97. The molecule has 6 heteroatoms. The number of carbonyl (C=O) groups is 2. The van der Waals surface area contributed by atoms with Gasteiger partial charge in [-0.2, -0.15) is 0 Å². The minimum Gasteiger partial charge on any atom is -0.468 e. The zero-order chi connectivity index (χ0) is 15.1. The molecule has 0 aromatic rings. The van der Waals surface area contributed by atoms with Crippen molar-refractivity contribution in [2.45, 2.75) is 44.9 Å². The average Bonchev–Trinajstić information content (AvgIpc) is 2.36. The highest BCUT2D eigenvalue weighted by Gasteiger charge is 2.31. The normalized spacial score (nSPS) is 15.5. The number of nitrogens with zero attached hydrogens (tertiary/aromatic N) is 1. The Morgan fingerprint density at radius 1 is 1.37 bits per heavy atom. The number of thioether (sulfide) groups is 1. The predicted octanol–water partition coefficient (Wildman–Crippen LogP) is 1.26. The van der Waals surface area contributed by atoms with Gasteiger partial charge in [0.2, 0.25) is 5.91 Å². The summed E-state index contributed by atoms with van der Waals surface area (Å²) in [6.07, 6.45) is 0.482. The lowest BCUT2D eigenvalue weighted by molar-refractivity contribution is -0.146. The molecule has 19 heavy (non-hydrogen) atoms. The van der Waals surface area contributed by atoms with Crippen molar-refractivity contribution < 1.29 is 14.3 Å². The molecule has 0 rings (SSSR count). The molecule has 0 radical (unpaired) electrons. The van der Waals surface area contributed by atoms with Gasteiger partial charge in [-0.25, -0.2) is 0 Å². The zero-order valence-electron chi connectivity index (χ0n) is 12.6. The Balaban J connectivity index is 4.22. The smallest absolute Gasteiger partial charge is 0.325 e. The second-order valence-corrected chi connectivity index (χ2v) is 6.23. The molecule has 0 aromatic heterocycles. The van der Waals surface area contributed by atoms with Gasteiger partial charge in [0.1, 0.15) is 5.54 Å². The van der Waals surface area contributed by atoms with E-state index in [1.165, 1.54) is 18.9 Å². The molecule has 2 atom stereocenters. The first kappa shape index (κ1) is 18.2. The second-order valence-electron chi connectivity index (χ2n) is 4.80. The van der Waals surface area contributed by atoms with Crippen LogP contribution in [0.1, 0.15) is 34.1 Å². The Labute approximate surface area is 120 Å². The monoisotopic (exact) mass is 290 g/mol. The van der Waals surface area contributed by atoms with Gasteiger partial charge in [-0.1, -0.05) is 6.92 Å². The van der Waals surface area contributed by atoms with Gasteiger partial charge in [0.25, 0.3) is 0 Å². The van der Waals surface area contributed by atoms with E-state index in [0.717, 1.165) is 13.1 Å². The van der Waals surface area contributed by atoms with Gasteiger partial charge in [0.15, 0.2) is 0 Å². The number of amides is 1. The van der Waals surface area contributed by atoms with Gasteiger partial charge >= 0.3 is 5.97 Å². The molecule has 2 N–H and O–H groups in total. The van der Waals surface area contributed by atoms with E-state index in [1.807, 2.05) is 20.8 Å². The van der Waals surface area contributed by atoms with Crippen LogP contribution in [0.5, 0.6) is 0 Å². The van der Waals surface area contributed by atoms with Crippen LogP contribution in [0.2, 0.25) is 0 Å². The number of ether oxygens (including phenoxy) is 1. The molecule has 0 saturated heterocycles. The molecule has 0 spiro atoms. The number of carbonyl (C=O) groups excluding carboxylic acids is 2. The Morgan fingerprint density at radius 3 is 2.32 bits per heavy atom. The van der Waals surface area contributed by atoms with Crippen LogP contribution in [0.25, 0.3) is 0 Å². The van der Waals surface area contributed by atoms with Gasteiger partial charge in [0.05, 0.1) is 12.9 Å². The van der Waals surface area contributed by atoms with Gasteiger partial charge in [0, 0.05) is 18.3 Å². The van der Waals surface area contributed by atoms with E-state index in [-0.39, 0.29) is 11.2 Å². The standard InChI is InChI=1S/C13H26N2O3S/c1-6-15(7-2)11(16)9-19-10(3)8-13(4,14)12(17)18-5/h10H,6-9,14H2,1-5H3. The summed E-state index contributed by atoms with van der Waals surface area (Å²) >= 11 is 1.52. The van der Waals surface area contributed by atoms with Gasteiger partial charge in [-0.05, 0) is 27.2 Å². The summed E-state index contributed by atoms with van der Waals surface area (Å²) in [6.45, 7) is 8.99. The lowest BCUT2D eigenvalue weighted by Gasteiger charge is -2.25. The van der Waals surface area contributed by atoms with Crippen molar-refractivity contribution in [3.05, 3.63) is 0 Å². The average molecular weight is 290 g/mol. The molecule has 0 aliphatic carbocycles. The van der Waals surface area contributed by atoms with E-state index < -0.39 is 11.5 Å². The summed E-state index contributed by atoms with van der Waals surface area (Å²) in [5, 5.41) is 0.119. The molecule has 0 bridgehead atoms. The maximum Gasteiger partial charge on any atom is 0.325 e. The number of hydrogen-bond acceptors (Lipinski definition) is 5. The molecule has 0 heterocycles.